The van der Waals surface area contributed by atoms with Crippen LogP contribution in [0.25, 0.3) is 33.2 Å². The third kappa shape index (κ3) is 1.68. The van der Waals surface area contributed by atoms with Gasteiger partial charge in [0.15, 0.2) is 12.2 Å². The van der Waals surface area contributed by atoms with Crippen molar-refractivity contribution < 1.29 is 8.98 Å². The SMILES string of the molecule is CC(C)c1cc[n+]2c(c1)-c1c(ccc3c1oc1ccccc13)C2C. The highest BCUT2D eigenvalue weighted by molar-refractivity contribution is 6.10. The molecule has 118 valence electrons. The monoisotopic (exact) mass is 314 g/mol. The number of aromatic nitrogens is 1. The Morgan fingerprint density at radius 3 is 2.67 bits per heavy atom. The summed E-state index contributed by atoms with van der Waals surface area (Å²) in [4.78, 5) is 0. The zero-order chi connectivity index (χ0) is 16.4. The van der Waals surface area contributed by atoms with Crippen molar-refractivity contribution in [3.8, 4) is 11.3 Å². The van der Waals surface area contributed by atoms with E-state index in [9.17, 15) is 0 Å². The lowest BCUT2D eigenvalue weighted by Gasteiger charge is -2.05. The Morgan fingerprint density at radius 2 is 1.83 bits per heavy atom. The first-order valence-corrected chi connectivity index (χ1v) is 8.65. The van der Waals surface area contributed by atoms with E-state index < -0.39 is 0 Å². The third-order valence-electron chi connectivity index (χ3n) is 5.38. The molecule has 0 fully saturated rings. The highest BCUT2D eigenvalue weighted by Crippen LogP contribution is 2.42. The fourth-order valence-electron chi connectivity index (χ4n) is 3.99. The Labute approximate surface area is 141 Å². The fourth-order valence-corrected chi connectivity index (χ4v) is 3.99. The van der Waals surface area contributed by atoms with Gasteiger partial charge >= 0.3 is 0 Å². The molecule has 24 heavy (non-hydrogen) atoms. The molecular weight excluding hydrogens is 294 g/mol. The molecule has 4 aromatic rings. The van der Waals surface area contributed by atoms with Crippen LogP contribution in [-0.2, 0) is 0 Å². The maximum Gasteiger partial charge on any atom is 0.217 e. The van der Waals surface area contributed by atoms with E-state index in [-0.39, 0.29) is 0 Å². The van der Waals surface area contributed by atoms with Crippen LogP contribution in [0.1, 0.15) is 43.9 Å². The molecule has 2 aromatic heterocycles. The zero-order valence-corrected chi connectivity index (χ0v) is 14.2. The lowest BCUT2D eigenvalue weighted by atomic mass is 9.98. The number of nitrogens with zero attached hydrogens (tertiary/aromatic N) is 1. The van der Waals surface area contributed by atoms with E-state index >= 15 is 0 Å². The van der Waals surface area contributed by atoms with Crippen molar-refractivity contribution in [1.82, 2.24) is 0 Å². The Morgan fingerprint density at radius 1 is 1.00 bits per heavy atom. The molecule has 2 nitrogen and oxygen atoms in total. The Balaban J connectivity index is 1.91. The van der Waals surface area contributed by atoms with Crippen molar-refractivity contribution in [2.45, 2.75) is 32.7 Å². The number of furan rings is 1. The predicted molar refractivity (Wildman–Crippen MR) is 97.3 cm³/mol. The lowest BCUT2D eigenvalue weighted by molar-refractivity contribution is -0.694. The molecule has 0 saturated heterocycles. The van der Waals surface area contributed by atoms with E-state index in [0.717, 1.165) is 11.2 Å². The van der Waals surface area contributed by atoms with E-state index in [1.54, 1.807) is 0 Å². The molecule has 1 atom stereocenters. The summed E-state index contributed by atoms with van der Waals surface area (Å²) in [5.41, 5.74) is 7.24. The van der Waals surface area contributed by atoms with Crippen molar-refractivity contribution in [3.63, 3.8) is 0 Å². The van der Waals surface area contributed by atoms with Crippen LogP contribution in [0, 0.1) is 0 Å². The molecule has 5 rings (SSSR count). The second-order valence-corrected chi connectivity index (χ2v) is 7.09. The van der Waals surface area contributed by atoms with E-state index in [1.165, 1.54) is 33.2 Å². The second-order valence-electron chi connectivity index (χ2n) is 7.09. The number of para-hydroxylation sites is 1. The van der Waals surface area contributed by atoms with Crippen LogP contribution in [0.3, 0.4) is 0 Å². The normalized spacial score (nSPS) is 16.1. The molecule has 0 radical (unpaired) electrons. The van der Waals surface area contributed by atoms with Gasteiger partial charge in [0.05, 0.1) is 5.56 Å². The highest BCUT2D eigenvalue weighted by atomic mass is 16.3. The van der Waals surface area contributed by atoms with Gasteiger partial charge in [-0.2, -0.15) is 4.57 Å². The van der Waals surface area contributed by atoms with Crippen molar-refractivity contribution in [2.75, 3.05) is 0 Å². The van der Waals surface area contributed by atoms with Gasteiger partial charge in [0.25, 0.3) is 0 Å². The smallest absolute Gasteiger partial charge is 0.217 e. The first-order valence-electron chi connectivity index (χ1n) is 8.65. The second kappa shape index (κ2) is 4.70. The molecule has 3 heterocycles. The van der Waals surface area contributed by atoms with Crippen LogP contribution in [0.5, 0.6) is 0 Å². The molecule has 0 amide bonds. The summed E-state index contributed by atoms with van der Waals surface area (Å²) in [7, 11) is 0. The van der Waals surface area contributed by atoms with Gasteiger partial charge in [-0.3, -0.25) is 0 Å². The number of benzene rings is 2. The minimum Gasteiger partial charge on any atom is -0.455 e. The minimum atomic E-state index is 0.342. The summed E-state index contributed by atoms with van der Waals surface area (Å²) in [6, 6.07) is 17.7. The van der Waals surface area contributed by atoms with Crippen LogP contribution in [0.2, 0.25) is 0 Å². The molecule has 1 aliphatic rings. The van der Waals surface area contributed by atoms with Crippen LogP contribution >= 0.6 is 0 Å². The third-order valence-corrected chi connectivity index (χ3v) is 5.38. The molecule has 0 bridgehead atoms. The minimum absolute atomic E-state index is 0.342. The molecule has 2 heteroatoms. The first kappa shape index (κ1) is 13.8. The van der Waals surface area contributed by atoms with Crippen LogP contribution < -0.4 is 4.57 Å². The van der Waals surface area contributed by atoms with Gasteiger partial charge in [0.1, 0.15) is 11.2 Å². The van der Waals surface area contributed by atoms with Crippen LogP contribution in [0.15, 0.2) is 59.1 Å². The van der Waals surface area contributed by atoms with Gasteiger partial charge in [-0.05, 0) is 23.6 Å². The largest absolute Gasteiger partial charge is 0.455 e. The molecule has 0 spiro atoms. The predicted octanol–water partition coefficient (Wildman–Crippen LogP) is 5.59. The summed E-state index contributed by atoms with van der Waals surface area (Å²) in [5.74, 6) is 0.519. The van der Waals surface area contributed by atoms with E-state index in [0.29, 0.717) is 12.0 Å². The average Bonchev–Trinajstić information content (AvgIpc) is 3.10. The van der Waals surface area contributed by atoms with Crippen molar-refractivity contribution in [3.05, 3.63) is 65.9 Å². The van der Waals surface area contributed by atoms with E-state index in [1.807, 2.05) is 6.07 Å². The maximum absolute atomic E-state index is 6.29. The molecule has 1 aliphatic heterocycles. The summed E-state index contributed by atoms with van der Waals surface area (Å²) < 4.78 is 8.65. The zero-order valence-electron chi connectivity index (χ0n) is 14.2. The standard InChI is InChI=1S/C22H20NO/c1-13(2)15-10-11-23-14(3)16-8-9-18-17-6-4-5-7-20(17)24-22(18)21(16)19(23)12-15/h4-14H,1-3H3/q+1. The first-order chi connectivity index (χ1) is 11.6. The Kier molecular flexibility index (Phi) is 2.70. The summed E-state index contributed by atoms with van der Waals surface area (Å²) in [6.07, 6.45) is 2.23. The van der Waals surface area contributed by atoms with Gasteiger partial charge in [0, 0.05) is 35.4 Å². The van der Waals surface area contributed by atoms with Gasteiger partial charge < -0.3 is 4.42 Å². The Bertz CT molecular complexity index is 1100. The summed E-state index contributed by atoms with van der Waals surface area (Å²) >= 11 is 0. The molecule has 2 aromatic carbocycles. The molecular formula is C22H20NO+. The summed E-state index contributed by atoms with van der Waals surface area (Å²) in [5, 5.41) is 2.40. The highest BCUT2D eigenvalue weighted by Gasteiger charge is 2.36. The average molecular weight is 314 g/mol. The number of rotatable bonds is 1. The molecule has 1 unspecified atom stereocenters. The van der Waals surface area contributed by atoms with Crippen molar-refractivity contribution in [2.24, 2.45) is 0 Å². The fraction of sp³-hybridized carbons (Fsp3) is 0.227. The van der Waals surface area contributed by atoms with Gasteiger partial charge in [-0.1, -0.05) is 38.1 Å². The number of hydrogen-bond donors (Lipinski definition) is 0. The number of hydrogen-bond acceptors (Lipinski definition) is 1. The van der Waals surface area contributed by atoms with Gasteiger partial charge in [-0.15, -0.1) is 0 Å². The number of fused-ring (bicyclic) bond motifs is 7. The van der Waals surface area contributed by atoms with Crippen molar-refractivity contribution in [1.29, 1.82) is 0 Å². The molecule has 0 N–H and O–H groups in total. The van der Waals surface area contributed by atoms with Crippen LogP contribution in [-0.4, -0.2) is 0 Å². The number of pyridine rings is 1. The van der Waals surface area contributed by atoms with Gasteiger partial charge in [0.2, 0.25) is 5.69 Å². The summed E-state index contributed by atoms with van der Waals surface area (Å²) in [6.45, 7) is 6.75. The topological polar surface area (TPSA) is 17.0 Å². The quantitative estimate of drug-likeness (QED) is 0.419. The molecule has 0 saturated carbocycles. The Hall–Kier alpha value is -2.61. The molecule has 0 aliphatic carbocycles. The van der Waals surface area contributed by atoms with Gasteiger partial charge in [-0.25, -0.2) is 0 Å². The maximum atomic E-state index is 6.29. The van der Waals surface area contributed by atoms with E-state index in [4.69, 9.17) is 4.42 Å². The van der Waals surface area contributed by atoms with E-state index in [2.05, 4.69) is 74.0 Å². The van der Waals surface area contributed by atoms with Crippen molar-refractivity contribution >= 4 is 21.9 Å². The lowest BCUT2D eigenvalue weighted by Crippen LogP contribution is -2.35. The van der Waals surface area contributed by atoms with Crippen LogP contribution in [0.4, 0.5) is 0 Å².